The Labute approximate surface area is 309 Å². The first-order valence-corrected chi connectivity index (χ1v) is 18.0. The molecular formula is C49H30N2O3. The number of aromatic nitrogens is 1. The van der Waals surface area contributed by atoms with Crippen LogP contribution in [-0.4, -0.2) is 4.98 Å². The van der Waals surface area contributed by atoms with Crippen LogP contribution >= 0.6 is 0 Å². The van der Waals surface area contributed by atoms with Crippen molar-refractivity contribution < 1.29 is 13.3 Å². The second kappa shape index (κ2) is 12.1. The number of fused-ring (bicyclic) bond motifs is 7. The summed E-state index contributed by atoms with van der Waals surface area (Å²) in [6.45, 7) is 0. The molecule has 8 aromatic carbocycles. The zero-order valence-corrected chi connectivity index (χ0v) is 28.9. The molecule has 3 heterocycles. The summed E-state index contributed by atoms with van der Waals surface area (Å²) in [6.07, 6.45) is 0. The normalized spacial score (nSPS) is 11.7. The number of rotatable bonds is 6. The van der Waals surface area contributed by atoms with Crippen LogP contribution in [0.4, 0.5) is 17.1 Å². The van der Waals surface area contributed by atoms with Gasteiger partial charge in [0.25, 0.3) is 0 Å². The molecule has 0 fully saturated rings. The van der Waals surface area contributed by atoms with Gasteiger partial charge in [0, 0.05) is 39.2 Å². The lowest BCUT2D eigenvalue weighted by molar-refractivity contribution is 0.617. The van der Waals surface area contributed by atoms with E-state index in [0.717, 1.165) is 88.7 Å². The Balaban J connectivity index is 1.12. The van der Waals surface area contributed by atoms with Crippen molar-refractivity contribution in [2.75, 3.05) is 4.90 Å². The maximum Gasteiger partial charge on any atom is 0.227 e. The van der Waals surface area contributed by atoms with E-state index in [9.17, 15) is 0 Å². The molecule has 0 atom stereocenters. The third-order valence-corrected chi connectivity index (χ3v) is 10.3. The zero-order chi connectivity index (χ0) is 35.6. The SMILES string of the molecule is c1ccc(-c2ccc(N(c3cccc(-c4cccc5oc6ccccc6c45)c3)c3cccc4oc5cc6oc(-c7ccccc7)nc6cc5c34)cc2)cc1. The molecule has 0 radical (unpaired) electrons. The fourth-order valence-electron chi connectivity index (χ4n) is 7.81. The van der Waals surface area contributed by atoms with Gasteiger partial charge in [-0.1, -0.05) is 109 Å². The summed E-state index contributed by atoms with van der Waals surface area (Å²) < 4.78 is 19.1. The van der Waals surface area contributed by atoms with Crippen LogP contribution in [0.2, 0.25) is 0 Å². The highest BCUT2D eigenvalue weighted by Gasteiger charge is 2.22. The molecule has 0 bridgehead atoms. The maximum atomic E-state index is 6.56. The molecule has 5 heteroatoms. The molecular weight excluding hydrogens is 665 g/mol. The summed E-state index contributed by atoms with van der Waals surface area (Å²) in [5, 5.41) is 4.18. The molecule has 11 rings (SSSR count). The molecule has 0 amide bonds. The number of para-hydroxylation sites is 1. The van der Waals surface area contributed by atoms with Crippen LogP contribution in [0.15, 0.2) is 195 Å². The standard InChI is InChI=1S/C49H30N2O3/c1-3-12-31(13-4-1)32-24-26-35(27-25-32)51(36-17-9-16-34(28-36)37-19-10-22-43-47(37)38-18-7-8-21-42(38)52-43)41-20-11-23-44-48(41)39-29-40-46(30-45(39)53-44)54-49(50-40)33-14-5-2-6-15-33/h1-30H. The van der Waals surface area contributed by atoms with E-state index in [-0.39, 0.29) is 0 Å². The zero-order valence-electron chi connectivity index (χ0n) is 28.9. The lowest BCUT2D eigenvalue weighted by atomic mass is 9.98. The molecule has 0 unspecified atom stereocenters. The van der Waals surface area contributed by atoms with Gasteiger partial charge < -0.3 is 18.2 Å². The molecule has 0 aliphatic rings. The quantitative estimate of drug-likeness (QED) is 0.173. The van der Waals surface area contributed by atoms with Crippen molar-refractivity contribution in [3.8, 4) is 33.7 Å². The number of hydrogen-bond donors (Lipinski definition) is 0. The van der Waals surface area contributed by atoms with Gasteiger partial charge in [-0.15, -0.1) is 0 Å². The second-order valence-corrected chi connectivity index (χ2v) is 13.5. The summed E-state index contributed by atoms with van der Waals surface area (Å²) in [7, 11) is 0. The molecule has 0 spiro atoms. The predicted molar refractivity (Wildman–Crippen MR) is 220 cm³/mol. The topological polar surface area (TPSA) is 55.6 Å². The van der Waals surface area contributed by atoms with Crippen molar-refractivity contribution in [2.45, 2.75) is 0 Å². The first-order chi connectivity index (χ1) is 26.7. The molecule has 3 aromatic heterocycles. The van der Waals surface area contributed by atoms with E-state index in [4.69, 9.17) is 18.2 Å². The first-order valence-electron chi connectivity index (χ1n) is 18.0. The summed E-state index contributed by atoms with van der Waals surface area (Å²) in [4.78, 5) is 7.23. The number of hydrogen-bond acceptors (Lipinski definition) is 5. The number of furan rings is 2. The summed E-state index contributed by atoms with van der Waals surface area (Å²) in [5.74, 6) is 0.583. The van der Waals surface area contributed by atoms with Gasteiger partial charge in [-0.25, -0.2) is 4.98 Å². The molecule has 0 saturated carbocycles. The molecule has 5 nitrogen and oxygen atoms in total. The minimum atomic E-state index is 0.583. The number of oxazole rings is 1. The minimum absolute atomic E-state index is 0.583. The van der Waals surface area contributed by atoms with Gasteiger partial charge in [-0.2, -0.15) is 0 Å². The van der Waals surface area contributed by atoms with Crippen LogP contribution in [0, 0.1) is 0 Å². The highest BCUT2D eigenvalue weighted by Crippen LogP contribution is 2.46. The van der Waals surface area contributed by atoms with Crippen molar-refractivity contribution >= 4 is 72.0 Å². The average molecular weight is 695 g/mol. The summed E-state index contributed by atoms with van der Waals surface area (Å²) in [5.41, 5.74) is 13.2. The van der Waals surface area contributed by atoms with Crippen LogP contribution in [0.1, 0.15) is 0 Å². The van der Waals surface area contributed by atoms with Crippen LogP contribution in [0.25, 0.3) is 88.7 Å². The molecule has 54 heavy (non-hydrogen) atoms. The average Bonchev–Trinajstić information content (AvgIpc) is 3.94. The monoisotopic (exact) mass is 694 g/mol. The number of benzene rings is 8. The first kappa shape index (κ1) is 30.3. The Morgan fingerprint density at radius 1 is 0.370 bits per heavy atom. The van der Waals surface area contributed by atoms with Gasteiger partial charge in [-0.3, -0.25) is 0 Å². The maximum absolute atomic E-state index is 6.56. The fraction of sp³-hybridized carbons (Fsp3) is 0. The molecule has 0 saturated heterocycles. The van der Waals surface area contributed by atoms with Crippen molar-refractivity contribution in [1.82, 2.24) is 4.98 Å². The smallest absolute Gasteiger partial charge is 0.227 e. The van der Waals surface area contributed by atoms with E-state index in [1.165, 1.54) is 5.56 Å². The van der Waals surface area contributed by atoms with E-state index >= 15 is 0 Å². The predicted octanol–water partition coefficient (Wildman–Crippen LogP) is 14.1. The largest absolute Gasteiger partial charge is 0.456 e. The molecule has 0 aliphatic heterocycles. The van der Waals surface area contributed by atoms with E-state index in [1.54, 1.807) is 0 Å². The van der Waals surface area contributed by atoms with Gasteiger partial charge in [0.2, 0.25) is 5.89 Å². The number of nitrogens with zero attached hydrogens (tertiary/aromatic N) is 2. The number of anilines is 3. The minimum Gasteiger partial charge on any atom is -0.456 e. The van der Waals surface area contributed by atoms with Crippen LogP contribution < -0.4 is 4.90 Å². The van der Waals surface area contributed by atoms with Crippen molar-refractivity contribution in [3.05, 3.63) is 182 Å². The van der Waals surface area contributed by atoms with E-state index in [1.807, 2.05) is 66.7 Å². The highest BCUT2D eigenvalue weighted by molar-refractivity contribution is 6.16. The van der Waals surface area contributed by atoms with Gasteiger partial charge in [0.1, 0.15) is 27.8 Å². The Morgan fingerprint density at radius 3 is 1.85 bits per heavy atom. The summed E-state index contributed by atoms with van der Waals surface area (Å²) >= 11 is 0. The second-order valence-electron chi connectivity index (χ2n) is 13.5. The Hall–Kier alpha value is -7.37. The third-order valence-electron chi connectivity index (χ3n) is 10.3. The van der Waals surface area contributed by atoms with E-state index in [2.05, 4.69) is 120 Å². The third kappa shape index (κ3) is 4.90. The molecule has 0 aliphatic carbocycles. The van der Waals surface area contributed by atoms with Gasteiger partial charge >= 0.3 is 0 Å². The van der Waals surface area contributed by atoms with E-state index < -0.39 is 0 Å². The molecule has 11 aromatic rings. The van der Waals surface area contributed by atoms with Crippen molar-refractivity contribution in [2.24, 2.45) is 0 Å². The lowest BCUT2D eigenvalue weighted by Crippen LogP contribution is -2.10. The van der Waals surface area contributed by atoms with Gasteiger partial charge in [0.05, 0.1) is 11.1 Å². The van der Waals surface area contributed by atoms with Crippen LogP contribution in [-0.2, 0) is 0 Å². The summed E-state index contributed by atoms with van der Waals surface area (Å²) in [6, 6.07) is 62.8. The van der Waals surface area contributed by atoms with Crippen molar-refractivity contribution in [3.63, 3.8) is 0 Å². The van der Waals surface area contributed by atoms with Gasteiger partial charge in [-0.05, 0) is 89.0 Å². The molecule has 0 N–H and O–H groups in total. The molecule has 254 valence electrons. The van der Waals surface area contributed by atoms with Gasteiger partial charge in [0.15, 0.2) is 5.58 Å². The lowest BCUT2D eigenvalue weighted by Gasteiger charge is -2.27. The van der Waals surface area contributed by atoms with Crippen molar-refractivity contribution in [1.29, 1.82) is 0 Å². The van der Waals surface area contributed by atoms with Crippen LogP contribution in [0.3, 0.4) is 0 Å². The highest BCUT2D eigenvalue weighted by atomic mass is 16.4. The Bertz CT molecular complexity index is 3160. The Kier molecular flexibility index (Phi) is 6.79. The van der Waals surface area contributed by atoms with E-state index in [0.29, 0.717) is 11.5 Å². The Morgan fingerprint density at radius 2 is 1.02 bits per heavy atom. The van der Waals surface area contributed by atoms with Crippen LogP contribution in [0.5, 0.6) is 0 Å². The fourth-order valence-corrected chi connectivity index (χ4v) is 7.81.